The molecule has 1 aromatic rings. The van der Waals surface area contributed by atoms with Gasteiger partial charge in [-0.3, -0.25) is 0 Å². The van der Waals surface area contributed by atoms with E-state index < -0.39 is 0 Å². The van der Waals surface area contributed by atoms with Crippen LogP contribution in [0, 0.1) is 11.3 Å². The van der Waals surface area contributed by atoms with Crippen LogP contribution in [-0.2, 0) is 0 Å². The van der Waals surface area contributed by atoms with Crippen molar-refractivity contribution in [3.05, 3.63) is 46.5 Å². The van der Waals surface area contributed by atoms with Gasteiger partial charge in [-0.25, -0.2) is 0 Å². The summed E-state index contributed by atoms with van der Waals surface area (Å²) in [7, 11) is 0. The second-order valence-electron chi connectivity index (χ2n) is 4.30. The van der Waals surface area contributed by atoms with Crippen LogP contribution in [0.25, 0.3) is 0 Å². The average molecular weight is 262 g/mol. The molecule has 1 atom stereocenters. The van der Waals surface area contributed by atoms with Gasteiger partial charge in [-0.2, -0.15) is 5.26 Å². The number of nitrogens with zero attached hydrogens (tertiary/aromatic N) is 1. The van der Waals surface area contributed by atoms with E-state index in [4.69, 9.17) is 5.73 Å². The van der Waals surface area contributed by atoms with Gasteiger partial charge in [0.15, 0.2) is 0 Å². The Balaban J connectivity index is 2.45. The van der Waals surface area contributed by atoms with Crippen molar-refractivity contribution < 1.29 is 0 Å². The lowest BCUT2D eigenvalue weighted by Gasteiger charge is -2.34. The van der Waals surface area contributed by atoms with Gasteiger partial charge in [0.25, 0.3) is 0 Å². The molecule has 0 saturated heterocycles. The number of nitrogens with two attached hydrogens (primary N) is 1. The van der Waals surface area contributed by atoms with E-state index in [-0.39, 0.29) is 9.33 Å². The molecule has 0 saturated carbocycles. The lowest BCUT2D eigenvalue weighted by molar-refractivity contribution is 0.989. The molecule has 2 N–H and O–H groups in total. The summed E-state index contributed by atoms with van der Waals surface area (Å²) >= 11 is 3.35. The predicted molar refractivity (Wildman–Crippen MR) is 75.3 cm³/mol. The highest BCUT2D eigenvalue weighted by Gasteiger charge is 2.35. The van der Waals surface area contributed by atoms with E-state index in [1.165, 1.54) is 0 Å². The largest absolute Gasteiger partial charge is 0.393 e. The molecule has 88 valence electrons. The summed E-state index contributed by atoms with van der Waals surface area (Å²) in [5, 5.41) is 9.96. The van der Waals surface area contributed by atoms with E-state index in [2.05, 4.69) is 19.9 Å². The van der Waals surface area contributed by atoms with Gasteiger partial charge in [-0.15, -0.1) is 11.8 Å². The van der Waals surface area contributed by atoms with Gasteiger partial charge in [-0.1, -0.05) is 42.1 Å². The predicted octanol–water partition coefficient (Wildman–Crippen LogP) is 3.64. The van der Waals surface area contributed by atoms with E-state index in [9.17, 15) is 5.26 Å². The molecule has 17 heavy (non-hydrogen) atoms. The second-order valence-corrected chi connectivity index (χ2v) is 7.95. The van der Waals surface area contributed by atoms with Crippen molar-refractivity contribution in [2.75, 3.05) is 0 Å². The van der Waals surface area contributed by atoms with Crippen LogP contribution in [0.15, 0.2) is 40.9 Å². The fourth-order valence-corrected chi connectivity index (χ4v) is 4.58. The van der Waals surface area contributed by atoms with Crippen molar-refractivity contribution in [2.24, 2.45) is 5.73 Å². The van der Waals surface area contributed by atoms with Gasteiger partial charge in [0, 0.05) is 0 Å². The molecule has 0 aliphatic carbocycles. The first-order chi connectivity index (χ1) is 8.03. The van der Waals surface area contributed by atoms with Crippen LogP contribution in [0.3, 0.4) is 0 Å². The summed E-state index contributed by atoms with van der Waals surface area (Å²) < 4.78 is 0.00490. The Hall–Kier alpha value is -1.05. The van der Waals surface area contributed by atoms with E-state index >= 15 is 0 Å². The van der Waals surface area contributed by atoms with Crippen LogP contribution < -0.4 is 5.73 Å². The standard InChI is InChI=1S/C13H14N2S2/c1-13(2)16-11(9-6-4-3-5-7-9)10(8-14)12(15)17-13/h3-7,11H,15H2,1-2H3. The second kappa shape index (κ2) is 4.67. The molecule has 1 aromatic carbocycles. The van der Waals surface area contributed by atoms with Crippen LogP contribution in [0.4, 0.5) is 0 Å². The molecule has 0 amide bonds. The summed E-state index contributed by atoms with van der Waals surface area (Å²) in [5.41, 5.74) is 7.83. The SMILES string of the molecule is CC1(C)SC(N)=C(C#N)C(c2ccccc2)S1. The van der Waals surface area contributed by atoms with Crippen molar-refractivity contribution in [3.63, 3.8) is 0 Å². The summed E-state index contributed by atoms with van der Waals surface area (Å²) in [6.45, 7) is 4.28. The fraction of sp³-hybridized carbons (Fsp3) is 0.308. The highest BCUT2D eigenvalue weighted by molar-refractivity contribution is 8.20. The minimum Gasteiger partial charge on any atom is -0.393 e. The molecular weight excluding hydrogens is 248 g/mol. The zero-order valence-electron chi connectivity index (χ0n) is 9.81. The summed E-state index contributed by atoms with van der Waals surface area (Å²) in [6, 6.07) is 12.3. The first-order valence-electron chi connectivity index (χ1n) is 5.35. The summed E-state index contributed by atoms with van der Waals surface area (Å²) in [6.07, 6.45) is 0. The highest BCUT2D eigenvalue weighted by atomic mass is 32.2. The Morgan fingerprint density at radius 1 is 1.29 bits per heavy atom. The molecule has 2 rings (SSSR count). The molecule has 0 bridgehead atoms. The molecule has 1 unspecified atom stereocenters. The quantitative estimate of drug-likeness (QED) is 0.839. The van der Waals surface area contributed by atoms with Crippen LogP contribution >= 0.6 is 23.5 Å². The van der Waals surface area contributed by atoms with Crippen molar-refractivity contribution in [2.45, 2.75) is 23.2 Å². The first-order valence-corrected chi connectivity index (χ1v) is 7.04. The summed E-state index contributed by atoms with van der Waals surface area (Å²) in [5.74, 6) is 0. The molecule has 1 heterocycles. The molecule has 4 heteroatoms. The van der Waals surface area contributed by atoms with E-state index in [1.54, 1.807) is 23.5 Å². The van der Waals surface area contributed by atoms with E-state index in [1.807, 2.05) is 30.3 Å². The monoisotopic (exact) mass is 262 g/mol. The minimum atomic E-state index is 0.00490. The zero-order chi connectivity index (χ0) is 12.5. The first kappa shape index (κ1) is 12.4. The molecule has 0 fully saturated rings. The maximum Gasteiger partial charge on any atom is 0.0990 e. The molecule has 2 nitrogen and oxygen atoms in total. The molecule has 1 aliphatic rings. The lowest BCUT2D eigenvalue weighted by atomic mass is 10.1. The van der Waals surface area contributed by atoms with Crippen molar-refractivity contribution in [1.29, 1.82) is 5.26 Å². The number of hydrogen-bond acceptors (Lipinski definition) is 4. The fourth-order valence-electron chi connectivity index (χ4n) is 1.79. The Morgan fingerprint density at radius 2 is 1.94 bits per heavy atom. The number of nitriles is 1. The lowest BCUT2D eigenvalue weighted by Crippen LogP contribution is -2.22. The van der Waals surface area contributed by atoms with Crippen LogP contribution in [0.1, 0.15) is 24.7 Å². The third kappa shape index (κ3) is 2.62. The Morgan fingerprint density at radius 3 is 2.53 bits per heavy atom. The Bertz CT molecular complexity index is 486. The van der Waals surface area contributed by atoms with Crippen LogP contribution in [-0.4, -0.2) is 4.08 Å². The Kier molecular flexibility index (Phi) is 3.41. The van der Waals surface area contributed by atoms with Crippen LogP contribution in [0.5, 0.6) is 0 Å². The van der Waals surface area contributed by atoms with Gasteiger partial charge in [-0.05, 0) is 19.4 Å². The maximum absolute atomic E-state index is 9.25. The molecule has 0 radical (unpaired) electrons. The van der Waals surface area contributed by atoms with Crippen molar-refractivity contribution in [3.8, 4) is 6.07 Å². The minimum absolute atomic E-state index is 0.00490. The van der Waals surface area contributed by atoms with Gasteiger partial charge in [0.05, 0.1) is 26.0 Å². The van der Waals surface area contributed by atoms with Crippen LogP contribution in [0.2, 0.25) is 0 Å². The molecular formula is C13H14N2S2. The van der Waals surface area contributed by atoms with Gasteiger partial charge < -0.3 is 5.73 Å². The Labute approximate surface area is 110 Å². The number of benzene rings is 1. The third-order valence-corrected chi connectivity index (χ3v) is 5.29. The smallest absolute Gasteiger partial charge is 0.0990 e. The topological polar surface area (TPSA) is 49.8 Å². The van der Waals surface area contributed by atoms with Gasteiger partial charge >= 0.3 is 0 Å². The van der Waals surface area contributed by atoms with E-state index in [0.717, 1.165) is 5.56 Å². The number of hydrogen-bond donors (Lipinski definition) is 1. The molecule has 0 spiro atoms. The number of rotatable bonds is 1. The number of thioether (sulfide) groups is 2. The normalized spacial score (nSPS) is 23.2. The average Bonchev–Trinajstić information content (AvgIpc) is 2.28. The van der Waals surface area contributed by atoms with Crippen molar-refractivity contribution >= 4 is 23.5 Å². The third-order valence-electron chi connectivity index (χ3n) is 2.51. The van der Waals surface area contributed by atoms with Gasteiger partial charge in [0.2, 0.25) is 0 Å². The maximum atomic E-state index is 9.25. The molecule has 0 aromatic heterocycles. The van der Waals surface area contributed by atoms with Crippen molar-refractivity contribution in [1.82, 2.24) is 0 Å². The van der Waals surface area contributed by atoms with Gasteiger partial charge in [0.1, 0.15) is 0 Å². The molecule has 1 aliphatic heterocycles. The zero-order valence-corrected chi connectivity index (χ0v) is 11.4. The summed E-state index contributed by atoms with van der Waals surface area (Å²) in [4.78, 5) is 0. The van der Waals surface area contributed by atoms with E-state index in [0.29, 0.717) is 10.6 Å². The highest BCUT2D eigenvalue weighted by Crippen LogP contribution is 2.55.